The molecule has 0 radical (unpaired) electrons. The van der Waals surface area contributed by atoms with Gasteiger partial charge in [-0.1, -0.05) is 38.8 Å². The van der Waals surface area contributed by atoms with Crippen LogP contribution in [0.25, 0.3) is 0 Å². The summed E-state index contributed by atoms with van der Waals surface area (Å²) in [6, 6.07) is 6.00. The van der Waals surface area contributed by atoms with Crippen LogP contribution < -0.4 is 10.1 Å². The monoisotopic (exact) mass is 293 g/mol. The van der Waals surface area contributed by atoms with Crippen molar-refractivity contribution in [3.63, 3.8) is 0 Å². The molecule has 1 saturated carbocycles. The highest BCUT2D eigenvalue weighted by atomic mass is 19.1. The van der Waals surface area contributed by atoms with Gasteiger partial charge < -0.3 is 10.1 Å². The van der Waals surface area contributed by atoms with Crippen LogP contribution >= 0.6 is 0 Å². The van der Waals surface area contributed by atoms with Gasteiger partial charge in [0.05, 0.1) is 7.11 Å². The molecule has 1 aromatic rings. The van der Waals surface area contributed by atoms with Crippen molar-refractivity contribution < 1.29 is 9.13 Å². The first kappa shape index (κ1) is 16.3. The molecular weight excluding hydrogens is 265 g/mol. The average Bonchev–Trinajstić information content (AvgIpc) is 2.48. The Kier molecular flexibility index (Phi) is 6.04. The van der Waals surface area contributed by atoms with Crippen LogP contribution in [0.15, 0.2) is 18.2 Å². The Morgan fingerprint density at radius 2 is 1.95 bits per heavy atom. The van der Waals surface area contributed by atoms with Gasteiger partial charge in [-0.25, -0.2) is 4.39 Å². The van der Waals surface area contributed by atoms with E-state index in [1.54, 1.807) is 6.07 Å². The number of rotatable bonds is 6. The number of nitrogens with one attached hydrogen (secondary N) is 1. The second kappa shape index (κ2) is 7.79. The molecule has 0 spiro atoms. The zero-order valence-electron chi connectivity index (χ0n) is 13.5. The fourth-order valence-corrected chi connectivity index (χ4v) is 3.36. The van der Waals surface area contributed by atoms with Crippen LogP contribution in [0, 0.1) is 17.7 Å². The number of ether oxygens (including phenoxy) is 1. The van der Waals surface area contributed by atoms with Crippen LogP contribution in [-0.2, 0) is 6.42 Å². The van der Waals surface area contributed by atoms with Crippen molar-refractivity contribution in [1.82, 2.24) is 5.32 Å². The minimum atomic E-state index is -0.179. The Morgan fingerprint density at radius 3 is 2.62 bits per heavy atom. The van der Waals surface area contributed by atoms with E-state index < -0.39 is 0 Å². The zero-order chi connectivity index (χ0) is 15.2. The molecule has 0 aromatic heterocycles. The maximum atomic E-state index is 14.3. The van der Waals surface area contributed by atoms with Gasteiger partial charge >= 0.3 is 0 Å². The fraction of sp³-hybridized carbons (Fsp3) is 0.667. The summed E-state index contributed by atoms with van der Waals surface area (Å²) in [6.45, 7) is 5.41. The van der Waals surface area contributed by atoms with Crippen molar-refractivity contribution in [3.05, 3.63) is 29.6 Å². The largest absolute Gasteiger partial charge is 0.494 e. The van der Waals surface area contributed by atoms with Crippen LogP contribution in [0.2, 0.25) is 0 Å². The first-order valence-electron chi connectivity index (χ1n) is 8.16. The lowest BCUT2D eigenvalue weighted by Gasteiger charge is -2.32. The molecule has 21 heavy (non-hydrogen) atoms. The molecule has 0 saturated heterocycles. The smallest absolute Gasteiger partial charge is 0.168 e. The van der Waals surface area contributed by atoms with Gasteiger partial charge in [0.2, 0.25) is 0 Å². The number of halogens is 1. The van der Waals surface area contributed by atoms with E-state index in [0.29, 0.717) is 23.6 Å². The van der Waals surface area contributed by atoms with Crippen molar-refractivity contribution >= 4 is 0 Å². The van der Waals surface area contributed by atoms with E-state index in [0.717, 1.165) is 18.5 Å². The minimum Gasteiger partial charge on any atom is -0.494 e. The Labute approximate surface area is 128 Å². The van der Waals surface area contributed by atoms with Gasteiger partial charge in [0, 0.05) is 6.04 Å². The third-order valence-electron chi connectivity index (χ3n) is 4.60. The second-order valence-corrected chi connectivity index (χ2v) is 6.51. The van der Waals surface area contributed by atoms with Crippen molar-refractivity contribution in [2.24, 2.45) is 11.8 Å². The maximum absolute atomic E-state index is 14.3. The summed E-state index contributed by atoms with van der Waals surface area (Å²) in [5, 5.41) is 3.55. The summed E-state index contributed by atoms with van der Waals surface area (Å²) >= 11 is 0. The summed E-state index contributed by atoms with van der Waals surface area (Å²) in [5.41, 5.74) is 0.802. The van der Waals surface area contributed by atoms with Gasteiger partial charge in [0.25, 0.3) is 0 Å². The highest BCUT2D eigenvalue weighted by Crippen LogP contribution is 2.34. The summed E-state index contributed by atoms with van der Waals surface area (Å²) in [5.74, 6) is 1.42. The SMILES string of the molecule is COc1cccc(CC2CCCCC2CNC(C)C)c1F. The Morgan fingerprint density at radius 1 is 1.24 bits per heavy atom. The van der Waals surface area contributed by atoms with Crippen LogP contribution in [0.1, 0.15) is 45.1 Å². The van der Waals surface area contributed by atoms with Crippen LogP contribution in [0.5, 0.6) is 5.75 Å². The molecule has 2 rings (SSSR count). The van der Waals surface area contributed by atoms with E-state index in [4.69, 9.17) is 4.74 Å². The topological polar surface area (TPSA) is 21.3 Å². The summed E-state index contributed by atoms with van der Waals surface area (Å²) in [7, 11) is 1.53. The Balaban J connectivity index is 2.05. The molecule has 2 atom stereocenters. The normalized spacial score (nSPS) is 22.5. The second-order valence-electron chi connectivity index (χ2n) is 6.51. The lowest BCUT2D eigenvalue weighted by Crippen LogP contribution is -2.35. The molecule has 118 valence electrons. The van der Waals surface area contributed by atoms with E-state index in [1.807, 2.05) is 12.1 Å². The quantitative estimate of drug-likeness (QED) is 0.849. The van der Waals surface area contributed by atoms with E-state index >= 15 is 0 Å². The highest BCUT2D eigenvalue weighted by Gasteiger charge is 2.26. The minimum absolute atomic E-state index is 0.179. The van der Waals surface area contributed by atoms with Crippen LogP contribution in [0.3, 0.4) is 0 Å². The standard InChI is InChI=1S/C18H28FNO/c1-13(2)20-12-16-8-5-4-7-14(16)11-15-9-6-10-17(21-3)18(15)19/h6,9-10,13-14,16,20H,4-5,7-8,11-12H2,1-3H3. The predicted molar refractivity (Wildman–Crippen MR) is 85.2 cm³/mol. The van der Waals surface area contributed by atoms with Crippen molar-refractivity contribution in [2.45, 2.75) is 52.0 Å². The third kappa shape index (κ3) is 4.44. The van der Waals surface area contributed by atoms with Crippen molar-refractivity contribution in [3.8, 4) is 5.75 Å². The molecular formula is C18H28FNO. The first-order valence-corrected chi connectivity index (χ1v) is 8.16. The van der Waals surface area contributed by atoms with Crippen molar-refractivity contribution in [2.75, 3.05) is 13.7 Å². The molecule has 0 amide bonds. The van der Waals surface area contributed by atoms with Crippen molar-refractivity contribution in [1.29, 1.82) is 0 Å². The number of hydrogen-bond donors (Lipinski definition) is 1. The average molecular weight is 293 g/mol. The summed E-state index contributed by atoms with van der Waals surface area (Å²) in [4.78, 5) is 0. The lowest BCUT2D eigenvalue weighted by atomic mass is 9.76. The number of methoxy groups -OCH3 is 1. The molecule has 0 aliphatic heterocycles. The predicted octanol–water partition coefficient (Wildman–Crippen LogP) is 4.18. The van der Waals surface area contributed by atoms with E-state index in [1.165, 1.54) is 32.8 Å². The van der Waals surface area contributed by atoms with Gasteiger partial charge in [-0.05, 0) is 49.3 Å². The fourth-order valence-electron chi connectivity index (χ4n) is 3.36. The zero-order valence-corrected chi connectivity index (χ0v) is 13.5. The highest BCUT2D eigenvalue weighted by molar-refractivity contribution is 5.31. The lowest BCUT2D eigenvalue weighted by molar-refractivity contribution is 0.223. The van der Waals surface area contributed by atoms with Gasteiger partial charge in [-0.15, -0.1) is 0 Å². The summed E-state index contributed by atoms with van der Waals surface area (Å²) < 4.78 is 19.4. The number of benzene rings is 1. The number of hydrogen-bond acceptors (Lipinski definition) is 2. The van der Waals surface area contributed by atoms with E-state index in [2.05, 4.69) is 19.2 Å². The molecule has 1 aromatic carbocycles. The molecule has 3 heteroatoms. The first-order chi connectivity index (χ1) is 10.1. The van der Waals surface area contributed by atoms with E-state index in [9.17, 15) is 4.39 Å². The van der Waals surface area contributed by atoms with Gasteiger partial charge in [-0.2, -0.15) is 0 Å². The molecule has 1 aliphatic rings. The molecule has 1 aliphatic carbocycles. The Bertz CT molecular complexity index is 447. The molecule has 2 nitrogen and oxygen atoms in total. The van der Waals surface area contributed by atoms with Gasteiger partial charge in [-0.3, -0.25) is 0 Å². The molecule has 1 fully saturated rings. The maximum Gasteiger partial charge on any atom is 0.168 e. The molecule has 0 bridgehead atoms. The van der Waals surface area contributed by atoms with Crippen LogP contribution in [0.4, 0.5) is 4.39 Å². The van der Waals surface area contributed by atoms with E-state index in [-0.39, 0.29) is 5.82 Å². The molecule has 2 unspecified atom stereocenters. The molecule has 1 N–H and O–H groups in total. The van der Waals surface area contributed by atoms with Gasteiger partial charge in [0.1, 0.15) is 0 Å². The summed E-state index contributed by atoms with van der Waals surface area (Å²) in [6.07, 6.45) is 5.88. The van der Waals surface area contributed by atoms with Crippen LogP contribution in [-0.4, -0.2) is 19.7 Å². The molecule has 0 heterocycles. The Hall–Kier alpha value is -1.09. The third-order valence-corrected chi connectivity index (χ3v) is 4.60. The van der Waals surface area contributed by atoms with Gasteiger partial charge in [0.15, 0.2) is 11.6 Å².